The van der Waals surface area contributed by atoms with Gasteiger partial charge in [-0.1, -0.05) is 121 Å². The highest BCUT2D eigenvalue weighted by atomic mass is 16.3. The Hall–Kier alpha value is -5.60. The molecule has 0 amide bonds. The van der Waals surface area contributed by atoms with Crippen LogP contribution >= 0.6 is 0 Å². The number of nitrogens with zero attached hydrogens (tertiary/aromatic N) is 1. The van der Waals surface area contributed by atoms with E-state index < -0.39 is 0 Å². The maximum absolute atomic E-state index is 6.28. The second kappa shape index (κ2) is 10.1. The van der Waals surface area contributed by atoms with Gasteiger partial charge in [0.1, 0.15) is 11.2 Å². The zero-order valence-electron chi connectivity index (χ0n) is 22.9. The molecule has 0 spiro atoms. The van der Waals surface area contributed by atoms with Crippen LogP contribution in [0.1, 0.15) is 0 Å². The van der Waals surface area contributed by atoms with E-state index in [1.807, 2.05) is 12.1 Å². The summed E-state index contributed by atoms with van der Waals surface area (Å²) in [6.07, 6.45) is 0. The molecule has 8 aromatic rings. The average molecular weight is 538 g/mol. The maximum atomic E-state index is 6.28. The minimum Gasteiger partial charge on any atom is -0.456 e. The van der Waals surface area contributed by atoms with Crippen molar-refractivity contribution in [2.45, 2.75) is 0 Å². The van der Waals surface area contributed by atoms with Gasteiger partial charge in [-0.15, -0.1) is 0 Å². The number of hydrogen-bond donors (Lipinski definition) is 0. The van der Waals surface area contributed by atoms with Crippen molar-refractivity contribution in [1.82, 2.24) is 0 Å². The molecular weight excluding hydrogens is 510 g/mol. The van der Waals surface area contributed by atoms with Crippen LogP contribution in [0.3, 0.4) is 0 Å². The Morgan fingerprint density at radius 3 is 1.88 bits per heavy atom. The second-order valence-electron chi connectivity index (χ2n) is 10.6. The Morgan fingerprint density at radius 2 is 1.00 bits per heavy atom. The van der Waals surface area contributed by atoms with Crippen molar-refractivity contribution in [3.8, 4) is 22.3 Å². The van der Waals surface area contributed by atoms with Crippen LogP contribution < -0.4 is 4.90 Å². The molecule has 0 aliphatic carbocycles. The van der Waals surface area contributed by atoms with Crippen LogP contribution in [0, 0.1) is 0 Å². The zero-order valence-corrected chi connectivity index (χ0v) is 22.9. The van der Waals surface area contributed by atoms with Crippen LogP contribution in [0.4, 0.5) is 17.1 Å². The molecule has 0 atom stereocenters. The van der Waals surface area contributed by atoms with Crippen molar-refractivity contribution >= 4 is 49.8 Å². The molecule has 0 fully saturated rings. The first kappa shape index (κ1) is 24.2. The monoisotopic (exact) mass is 537 g/mol. The topological polar surface area (TPSA) is 16.4 Å². The third-order valence-electron chi connectivity index (χ3n) is 8.07. The Kier molecular flexibility index (Phi) is 5.82. The highest BCUT2D eigenvalue weighted by Crippen LogP contribution is 2.44. The molecule has 42 heavy (non-hydrogen) atoms. The van der Waals surface area contributed by atoms with Gasteiger partial charge in [0.2, 0.25) is 0 Å². The molecule has 0 unspecified atom stereocenters. The quantitative estimate of drug-likeness (QED) is 0.217. The molecule has 7 aromatic carbocycles. The summed E-state index contributed by atoms with van der Waals surface area (Å²) in [5.41, 5.74) is 9.81. The molecule has 0 radical (unpaired) electrons. The van der Waals surface area contributed by atoms with E-state index in [2.05, 4.69) is 157 Å². The van der Waals surface area contributed by atoms with Crippen molar-refractivity contribution in [3.63, 3.8) is 0 Å². The van der Waals surface area contributed by atoms with E-state index in [4.69, 9.17) is 4.42 Å². The van der Waals surface area contributed by atoms with Crippen molar-refractivity contribution < 1.29 is 4.42 Å². The molecule has 1 heterocycles. The third-order valence-corrected chi connectivity index (χ3v) is 8.07. The number of furan rings is 1. The molecule has 2 heteroatoms. The van der Waals surface area contributed by atoms with Gasteiger partial charge in [0, 0.05) is 27.4 Å². The number of rotatable bonds is 5. The molecule has 1 aromatic heterocycles. The first-order chi connectivity index (χ1) is 20.8. The Balaban J connectivity index is 1.33. The lowest BCUT2D eigenvalue weighted by Gasteiger charge is -2.29. The number of fused-ring (bicyclic) bond motifs is 4. The number of para-hydroxylation sites is 2. The van der Waals surface area contributed by atoms with Gasteiger partial charge in [0.25, 0.3) is 0 Å². The van der Waals surface area contributed by atoms with Crippen LogP contribution in [-0.4, -0.2) is 0 Å². The summed E-state index contributed by atoms with van der Waals surface area (Å²) in [6.45, 7) is 0. The fourth-order valence-electron chi connectivity index (χ4n) is 6.05. The average Bonchev–Trinajstić information content (AvgIpc) is 3.44. The maximum Gasteiger partial charge on any atom is 0.136 e. The van der Waals surface area contributed by atoms with Crippen molar-refractivity contribution in [2.75, 3.05) is 4.90 Å². The first-order valence-corrected chi connectivity index (χ1v) is 14.3. The van der Waals surface area contributed by atoms with Gasteiger partial charge >= 0.3 is 0 Å². The number of anilines is 3. The van der Waals surface area contributed by atoms with Crippen LogP contribution in [0.25, 0.3) is 55.0 Å². The van der Waals surface area contributed by atoms with Gasteiger partial charge in [0.15, 0.2) is 0 Å². The summed E-state index contributed by atoms with van der Waals surface area (Å²) in [7, 11) is 0. The molecule has 0 aliphatic rings. The van der Waals surface area contributed by atoms with Gasteiger partial charge < -0.3 is 9.32 Å². The predicted octanol–water partition coefficient (Wildman–Crippen LogP) is 11.5. The van der Waals surface area contributed by atoms with Gasteiger partial charge in [-0.05, 0) is 64.5 Å². The van der Waals surface area contributed by atoms with Gasteiger partial charge in [0.05, 0.1) is 11.4 Å². The second-order valence-corrected chi connectivity index (χ2v) is 10.6. The Morgan fingerprint density at radius 1 is 0.381 bits per heavy atom. The van der Waals surface area contributed by atoms with E-state index in [0.717, 1.165) is 50.1 Å². The van der Waals surface area contributed by atoms with Crippen LogP contribution in [0.5, 0.6) is 0 Å². The van der Waals surface area contributed by atoms with Crippen molar-refractivity contribution in [1.29, 1.82) is 0 Å². The van der Waals surface area contributed by atoms with E-state index in [9.17, 15) is 0 Å². The summed E-state index contributed by atoms with van der Waals surface area (Å²) >= 11 is 0. The number of benzene rings is 7. The summed E-state index contributed by atoms with van der Waals surface area (Å²) in [5, 5.41) is 4.69. The Bertz CT molecular complexity index is 2190. The molecule has 0 N–H and O–H groups in total. The van der Waals surface area contributed by atoms with E-state index in [-0.39, 0.29) is 0 Å². The summed E-state index contributed by atoms with van der Waals surface area (Å²) < 4.78 is 6.28. The fourth-order valence-corrected chi connectivity index (χ4v) is 6.05. The van der Waals surface area contributed by atoms with Crippen LogP contribution in [0.2, 0.25) is 0 Å². The molecule has 8 rings (SSSR count). The SMILES string of the molecule is c1ccc(-c2ccc(N(c3ccccc3-c3ccc4c(c3)oc3ccccc34)c3cccc4ccccc34)cc2)cc1. The molecular formula is C40H27NO. The lowest BCUT2D eigenvalue weighted by Crippen LogP contribution is -2.11. The smallest absolute Gasteiger partial charge is 0.136 e. The van der Waals surface area contributed by atoms with Gasteiger partial charge in [-0.25, -0.2) is 0 Å². The minimum atomic E-state index is 0.896. The highest BCUT2D eigenvalue weighted by molar-refractivity contribution is 6.07. The van der Waals surface area contributed by atoms with Gasteiger partial charge in [-0.2, -0.15) is 0 Å². The minimum absolute atomic E-state index is 0.896. The van der Waals surface area contributed by atoms with Crippen LogP contribution in [0.15, 0.2) is 168 Å². The first-order valence-electron chi connectivity index (χ1n) is 14.3. The molecule has 0 saturated heterocycles. The zero-order chi connectivity index (χ0) is 27.9. The molecule has 0 saturated carbocycles. The standard InChI is InChI=1S/C40H27NO/c1-2-11-28(12-3-1)29-21-24-32(25-22-29)41(38-19-10-14-30-13-4-5-15-33(30)38)37-18-8-6-16-34(37)31-23-26-36-35-17-7-9-20-39(35)42-40(36)27-31/h1-27H. The summed E-state index contributed by atoms with van der Waals surface area (Å²) in [6, 6.07) is 58.0. The van der Waals surface area contributed by atoms with Crippen molar-refractivity contribution in [2.24, 2.45) is 0 Å². The highest BCUT2D eigenvalue weighted by Gasteiger charge is 2.19. The molecule has 198 valence electrons. The Labute approximate surface area is 244 Å². The fraction of sp³-hybridized carbons (Fsp3) is 0. The van der Waals surface area contributed by atoms with Gasteiger partial charge in [-0.3, -0.25) is 0 Å². The molecule has 0 aliphatic heterocycles. The lowest BCUT2D eigenvalue weighted by atomic mass is 9.99. The summed E-state index contributed by atoms with van der Waals surface area (Å²) in [5.74, 6) is 0. The van der Waals surface area contributed by atoms with Crippen LogP contribution in [-0.2, 0) is 0 Å². The summed E-state index contributed by atoms with van der Waals surface area (Å²) in [4.78, 5) is 2.38. The largest absolute Gasteiger partial charge is 0.456 e. The van der Waals surface area contributed by atoms with E-state index >= 15 is 0 Å². The third kappa shape index (κ3) is 4.13. The predicted molar refractivity (Wildman–Crippen MR) is 177 cm³/mol. The van der Waals surface area contributed by atoms with E-state index in [1.54, 1.807) is 0 Å². The lowest BCUT2D eigenvalue weighted by molar-refractivity contribution is 0.669. The molecule has 2 nitrogen and oxygen atoms in total. The number of hydrogen-bond acceptors (Lipinski definition) is 2. The molecule has 0 bridgehead atoms. The van der Waals surface area contributed by atoms with E-state index in [1.165, 1.54) is 21.9 Å². The normalized spacial score (nSPS) is 11.3. The van der Waals surface area contributed by atoms with Crippen molar-refractivity contribution in [3.05, 3.63) is 164 Å². The van der Waals surface area contributed by atoms with E-state index in [0.29, 0.717) is 0 Å².